The van der Waals surface area contributed by atoms with Gasteiger partial charge >= 0.3 is 0 Å². The summed E-state index contributed by atoms with van der Waals surface area (Å²) in [5.74, 6) is 0.735. The molecule has 7 rings (SSSR count). The minimum Gasteiger partial charge on any atom is -0.382 e. The van der Waals surface area contributed by atoms with Crippen molar-refractivity contribution in [2.45, 2.75) is 36.9 Å². The van der Waals surface area contributed by atoms with Crippen LogP contribution in [0, 0.1) is 12.8 Å². The predicted molar refractivity (Wildman–Crippen MR) is 164 cm³/mol. The van der Waals surface area contributed by atoms with Crippen molar-refractivity contribution in [3.63, 3.8) is 0 Å². The van der Waals surface area contributed by atoms with Gasteiger partial charge < -0.3 is 10.8 Å². The van der Waals surface area contributed by atoms with Crippen LogP contribution in [-0.4, -0.2) is 39.2 Å². The normalized spacial score (nSPS) is 17.6. The lowest BCUT2D eigenvalue weighted by atomic mass is 9.74. The van der Waals surface area contributed by atoms with Gasteiger partial charge in [0.05, 0.1) is 16.1 Å². The van der Waals surface area contributed by atoms with Crippen LogP contribution in [0.25, 0.3) is 38.9 Å². The molecule has 0 aliphatic heterocycles. The number of hydrogen-bond acceptors (Lipinski definition) is 8. The topological polar surface area (TPSA) is 133 Å². The van der Waals surface area contributed by atoms with Crippen molar-refractivity contribution in [1.29, 1.82) is 0 Å². The zero-order valence-corrected chi connectivity index (χ0v) is 24.1. The molecular formula is C33H29N5O4S. The molecule has 3 N–H and O–H groups in total. The van der Waals surface area contributed by atoms with Crippen molar-refractivity contribution in [1.82, 2.24) is 19.4 Å². The molecule has 1 aliphatic rings. The maximum Gasteiger partial charge on any atom is 0.299 e. The highest BCUT2D eigenvalue weighted by Gasteiger charge is 2.40. The summed E-state index contributed by atoms with van der Waals surface area (Å²) in [6.45, 7) is 1.87. The Morgan fingerprint density at radius 2 is 1.70 bits per heavy atom. The monoisotopic (exact) mass is 591 g/mol. The molecule has 1 aliphatic carbocycles. The number of anilines is 1. The average Bonchev–Trinajstić information content (AvgIpc) is 3.37. The second-order valence-corrected chi connectivity index (χ2v) is 12.6. The van der Waals surface area contributed by atoms with Crippen LogP contribution < -0.4 is 5.73 Å². The molecule has 1 saturated carbocycles. The van der Waals surface area contributed by atoms with Crippen molar-refractivity contribution >= 4 is 32.4 Å². The van der Waals surface area contributed by atoms with Crippen LogP contribution in [0.3, 0.4) is 0 Å². The number of benzene rings is 3. The fourth-order valence-electron chi connectivity index (χ4n) is 5.68. The lowest BCUT2D eigenvalue weighted by Crippen LogP contribution is -2.36. The Labute approximate surface area is 248 Å². The highest BCUT2D eigenvalue weighted by Crippen LogP contribution is 2.45. The molecule has 3 aromatic heterocycles. The van der Waals surface area contributed by atoms with Crippen molar-refractivity contribution in [2.24, 2.45) is 5.92 Å². The van der Waals surface area contributed by atoms with E-state index in [4.69, 9.17) is 19.9 Å². The fraction of sp³-hybridized carbons (Fsp3) is 0.182. The van der Waals surface area contributed by atoms with E-state index in [0.717, 1.165) is 39.1 Å². The standard InChI is InChI=1S/C33H29N5O4S/c1-20-7-12-26(13-8-20)43(40,41)42-33(39)25-17-24(18-25)32-37-29(30-31(34)35-15-16-38(30)32)23-10-9-22-11-14-27(36-28(22)19-23)21-5-3-2-4-6-21/h2-16,19,24-25,33,39H,17-18H2,1H3,(H2,34,35). The van der Waals surface area contributed by atoms with Crippen LogP contribution >= 0.6 is 0 Å². The van der Waals surface area contributed by atoms with Crippen molar-refractivity contribution < 1.29 is 17.7 Å². The first-order valence-corrected chi connectivity index (χ1v) is 15.4. The van der Waals surface area contributed by atoms with Gasteiger partial charge in [-0.2, -0.15) is 8.42 Å². The molecule has 3 aromatic carbocycles. The Morgan fingerprint density at radius 3 is 2.47 bits per heavy atom. The number of nitrogens with two attached hydrogens (primary N) is 1. The number of rotatable bonds is 7. The zero-order chi connectivity index (χ0) is 29.7. The van der Waals surface area contributed by atoms with Crippen LogP contribution in [0.2, 0.25) is 0 Å². The molecule has 1 unspecified atom stereocenters. The van der Waals surface area contributed by atoms with Crippen molar-refractivity contribution in [3.05, 3.63) is 109 Å². The zero-order valence-electron chi connectivity index (χ0n) is 23.3. The van der Waals surface area contributed by atoms with E-state index in [2.05, 4.69) is 11.1 Å². The van der Waals surface area contributed by atoms with E-state index in [1.54, 1.807) is 18.3 Å². The number of hydrogen-bond donors (Lipinski definition) is 2. The largest absolute Gasteiger partial charge is 0.382 e. The summed E-state index contributed by atoms with van der Waals surface area (Å²) in [7, 11) is -4.09. The van der Waals surface area contributed by atoms with E-state index in [-0.39, 0.29) is 16.7 Å². The molecule has 9 nitrogen and oxygen atoms in total. The number of imidazole rings is 1. The molecule has 0 saturated heterocycles. The highest BCUT2D eigenvalue weighted by atomic mass is 32.2. The smallest absolute Gasteiger partial charge is 0.299 e. The third-order valence-electron chi connectivity index (χ3n) is 8.12. The van der Waals surface area contributed by atoms with E-state index >= 15 is 0 Å². The summed E-state index contributed by atoms with van der Waals surface area (Å²) in [5, 5.41) is 11.7. The third-order valence-corrected chi connectivity index (χ3v) is 9.42. The van der Waals surface area contributed by atoms with Gasteiger partial charge in [-0.25, -0.2) is 19.1 Å². The summed E-state index contributed by atoms with van der Waals surface area (Å²) < 4.78 is 32.5. The lowest BCUT2D eigenvalue weighted by molar-refractivity contribution is -0.0882. The molecule has 1 atom stereocenters. The van der Waals surface area contributed by atoms with Gasteiger partial charge in [0.1, 0.15) is 22.9 Å². The molecule has 6 aromatic rings. The molecule has 1 fully saturated rings. The predicted octanol–water partition coefficient (Wildman–Crippen LogP) is 5.72. The lowest BCUT2D eigenvalue weighted by Gasteiger charge is -2.36. The second kappa shape index (κ2) is 10.6. The Balaban J connectivity index is 1.17. The molecule has 10 heteroatoms. The summed E-state index contributed by atoms with van der Waals surface area (Å²) >= 11 is 0. The molecule has 0 bridgehead atoms. The minimum absolute atomic E-state index is 0.0145. The second-order valence-electron chi connectivity index (χ2n) is 11.0. The van der Waals surface area contributed by atoms with Gasteiger partial charge in [-0.1, -0.05) is 66.2 Å². The van der Waals surface area contributed by atoms with Crippen LogP contribution in [0.4, 0.5) is 5.82 Å². The molecule has 43 heavy (non-hydrogen) atoms. The number of pyridine rings is 1. The molecule has 0 amide bonds. The number of fused-ring (bicyclic) bond motifs is 2. The van der Waals surface area contributed by atoms with Gasteiger partial charge in [0.2, 0.25) is 0 Å². The number of nitrogens with zero attached hydrogens (tertiary/aromatic N) is 4. The number of aryl methyl sites for hydroxylation is 1. The van der Waals surface area contributed by atoms with Gasteiger partial charge in [-0.3, -0.25) is 4.40 Å². The van der Waals surface area contributed by atoms with Crippen LogP contribution in [0.1, 0.15) is 30.1 Å². The van der Waals surface area contributed by atoms with E-state index in [1.165, 1.54) is 12.1 Å². The minimum atomic E-state index is -4.09. The highest BCUT2D eigenvalue weighted by molar-refractivity contribution is 7.86. The molecule has 0 radical (unpaired) electrons. The van der Waals surface area contributed by atoms with Gasteiger partial charge in [0.25, 0.3) is 10.1 Å². The van der Waals surface area contributed by atoms with Gasteiger partial charge in [-0.05, 0) is 44.0 Å². The molecule has 0 spiro atoms. The van der Waals surface area contributed by atoms with E-state index in [1.807, 2.05) is 72.1 Å². The van der Waals surface area contributed by atoms with E-state index < -0.39 is 16.4 Å². The fourth-order valence-corrected chi connectivity index (χ4v) is 6.68. The maximum absolute atomic E-state index is 12.7. The first kappa shape index (κ1) is 27.2. The molecule has 3 heterocycles. The van der Waals surface area contributed by atoms with Crippen LogP contribution in [-0.2, 0) is 14.3 Å². The molecular weight excluding hydrogens is 562 g/mol. The Bertz CT molecular complexity index is 2070. The summed E-state index contributed by atoms with van der Waals surface area (Å²) in [4.78, 5) is 14.3. The molecule has 216 valence electrons. The van der Waals surface area contributed by atoms with Gasteiger partial charge in [0, 0.05) is 40.7 Å². The van der Waals surface area contributed by atoms with E-state index in [0.29, 0.717) is 29.9 Å². The summed E-state index contributed by atoms with van der Waals surface area (Å²) in [6, 6.07) is 26.5. The summed E-state index contributed by atoms with van der Waals surface area (Å²) in [5.41, 5.74) is 12.3. The number of aliphatic hydroxyl groups excluding tert-OH is 1. The van der Waals surface area contributed by atoms with Gasteiger partial charge in [0.15, 0.2) is 6.29 Å². The Hall–Kier alpha value is -4.64. The first-order chi connectivity index (χ1) is 20.8. The average molecular weight is 592 g/mol. The number of aromatic nitrogens is 4. The first-order valence-electron chi connectivity index (χ1n) is 14.0. The number of nitrogen functional groups attached to an aromatic ring is 1. The quantitative estimate of drug-likeness (QED) is 0.178. The number of aliphatic hydroxyl groups is 1. The van der Waals surface area contributed by atoms with Crippen molar-refractivity contribution in [2.75, 3.05) is 5.73 Å². The van der Waals surface area contributed by atoms with Crippen LogP contribution in [0.15, 0.2) is 102 Å². The third kappa shape index (κ3) is 5.03. The van der Waals surface area contributed by atoms with E-state index in [9.17, 15) is 13.5 Å². The summed E-state index contributed by atoms with van der Waals surface area (Å²) in [6.07, 6.45) is 3.02. The Kier molecular flexibility index (Phi) is 6.69. The SMILES string of the molecule is Cc1ccc(S(=O)(=O)OC(O)C2CC(c3nc(-c4ccc5ccc(-c6ccccc6)nc5c4)c4c(N)nccn34)C2)cc1. The maximum atomic E-state index is 12.7. The van der Waals surface area contributed by atoms with Gasteiger partial charge in [-0.15, -0.1) is 0 Å². The Morgan fingerprint density at radius 1 is 0.953 bits per heavy atom. The van der Waals surface area contributed by atoms with Crippen molar-refractivity contribution in [3.8, 4) is 22.5 Å². The van der Waals surface area contributed by atoms with Crippen LogP contribution in [0.5, 0.6) is 0 Å².